The predicted octanol–water partition coefficient (Wildman–Crippen LogP) is 6.63. The second-order valence-electron chi connectivity index (χ2n) is 6.93. The van der Waals surface area contributed by atoms with Crippen molar-refractivity contribution in [1.82, 2.24) is 4.98 Å². The van der Waals surface area contributed by atoms with Crippen LogP contribution in [0.5, 0.6) is 0 Å². The minimum Gasteiger partial charge on any atom is -0.503 e. The van der Waals surface area contributed by atoms with Gasteiger partial charge in [0.05, 0.1) is 38.1 Å². The number of amides is 1. The molecule has 10 heteroatoms. The minimum atomic E-state index is -0.995. The van der Waals surface area contributed by atoms with Crippen molar-refractivity contribution in [2.24, 2.45) is 0 Å². The Morgan fingerprint density at radius 1 is 1.09 bits per heavy atom. The average Bonchev–Trinajstić information content (AvgIpc) is 3.48. The van der Waals surface area contributed by atoms with Crippen molar-refractivity contribution in [1.29, 1.82) is 0 Å². The first-order chi connectivity index (χ1) is 15.3. The fourth-order valence-corrected chi connectivity index (χ4v) is 5.14. The maximum atomic E-state index is 13.2. The van der Waals surface area contributed by atoms with Crippen LogP contribution in [-0.4, -0.2) is 21.8 Å². The Labute approximate surface area is 200 Å². The number of nitrogens with zero attached hydrogens (tertiary/aromatic N) is 2. The summed E-state index contributed by atoms with van der Waals surface area (Å²) in [5.41, 5.74) is 0.963. The number of aliphatic hydroxyl groups excluding tert-OH is 1. The van der Waals surface area contributed by atoms with E-state index in [4.69, 9.17) is 39.2 Å². The summed E-state index contributed by atoms with van der Waals surface area (Å²) in [6, 6.07) is 11.9. The van der Waals surface area contributed by atoms with E-state index in [-0.39, 0.29) is 21.5 Å². The van der Waals surface area contributed by atoms with Gasteiger partial charge >= 0.3 is 0 Å². The Hall–Kier alpha value is -2.84. The number of aromatic nitrogens is 1. The molecule has 160 valence electrons. The maximum Gasteiger partial charge on any atom is 0.296 e. The highest BCUT2D eigenvalue weighted by molar-refractivity contribution is 7.22. The van der Waals surface area contributed by atoms with Crippen LogP contribution in [0.25, 0.3) is 10.2 Å². The molecule has 0 bridgehead atoms. The third kappa shape index (κ3) is 3.38. The van der Waals surface area contributed by atoms with Crippen LogP contribution in [-0.2, 0) is 4.79 Å². The van der Waals surface area contributed by atoms with Gasteiger partial charge in [0, 0.05) is 5.02 Å². The number of hydrogen-bond donors (Lipinski definition) is 1. The molecule has 0 fully saturated rings. The van der Waals surface area contributed by atoms with E-state index in [1.807, 2.05) is 0 Å². The molecule has 2 aromatic carbocycles. The zero-order chi connectivity index (χ0) is 22.6. The molecule has 1 N–H and O–H groups in total. The molecule has 0 saturated heterocycles. The predicted molar refractivity (Wildman–Crippen MR) is 124 cm³/mol. The highest BCUT2D eigenvalue weighted by Crippen LogP contribution is 2.45. The van der Waals surface area contributed by atoms with Crippen molar-refractivity contribution in [2.45, 2.75) is 6.04 Å². The van der Waals surface area contributed by atoms with Gasteiger partial charge in [0.1, 0.15) is 0 Å². The van der Waals surface area contributed by atoms with Gasteiger partial charge in [0.15, 0.2) is 16.7 Å². The number of benzene rings is 2. The van der Waals surface area contributed by atoms with Crippen LogP contribution in [0.4, 0.5) is 5.13 Å². The van der Waals surface area contributed by atoms with Crippen LogP contribution in [0.3, 0.4) is 0 Å². The average molecular weight is 506 g/mol. The zero-order valence-electron chi connectivity index (χ0n) is 15.9. The standard InChI is InChI=1S/C22H11Cl3N2O4S/c23-11-4-6-14-16(9-11)32-22(26-14)27-18(10-3-5-12(24)13(25)8-10)17(20(29)21(27)30)19(28)15-2-1-7-31-15/h1-9,18,29H. The molecule has 6 nitrogen and oxygen atoms in total. The fourth-order valence-electron chi connectivity index (χ4n) is 3.56. The van der Waals surface area contributed by atoms with Gasteiger partial charge in [-0.1, -0.05) is 52.2 Å². The molecule has 1 atom stereocenters. The number of carbonyl (C=O) groups excluding carboxylic acids is 2. The Bertz CT molecular complexity index is 1430. The normalized spacial score (nSPS) is 16.4. The molecule has 2 aromatic heterocycles. The molecular formula is C22H11Cl3N2O4S. The highest BCUT2D eigenvalue weighted by atomic mass is 35.5. The summed E-state index contributed by atoms with van der Waals surface area (Å²) in [5, 5.41) is 12.1. The van der Waals surface area contributed by atoms with Crippen LogP contribution >= 0.6 is 46.1 Å². The van der Waals surface area contributed by atoms with Gasteiger partial charge in [0.25, 0.3) is 5.91 Å². The monoisotopic (exact) mass is 504 g/mol. The SMILES string of the molecule is O=C(C1=C(O)C(=O)N(c2nc3ccc(Cl)cc3s2)C1c1ccc(Cl)c(Cl)c1)c1ccco1. The summed E-state index contributed by atoms with van der Waals surface area (Å²) in [7, 11) is 0. The summed E-state index contributed by atoms with van der Waals surface area (Å²) in [5.74, 6) is -2.08. The Morgan fingerprint density at radius 3 is 2.62 bits per heavy atom. The summed E-state index contributed by atoms with van der Waals surface area (Å²) in [4.78, 5) is 32.2. The molecule has 1 unspecified atom stereocenters. The number of thiazole rings is 1. The molecule has 1 aliphatic rings. The smallest absolute Gasteiger partial charge is 0.296 e. The van der Waals surface area contributed by atoms with E-state index in [9.17, 15) is 14.7 Å². The number of hydrogen-bond acceptors (Lipinski definition) is 6. The maximum absolute atomic E-state index is 13.2. The molecule has 0 spiro atoms. The van der Waals surface area contributed by atoms with Gasteiger partial charge < -0.3 is 9.52 Å². The van der Waals surface area contributed by atoms with Crippen molar-refractivity contribution in [3.63, 3.8) is 0 Å². The number of rotatable bonds is 4. The number of fused-ring (bicyclic) bond motifs is 1. The first kappa shape index (κ1) is 21.0. The van der Waals surface area contributed by atoms with Crippen molar-refractivity contribution >= 4 is 73.2 Å². The van der Waals surface area contributed by atoms with E-state index >= 15 is 0 Å². The molecule has 3 heterocycles. The molecular weight excluding hydrogens is 495 g/mol. The zero-order valence-corrected chi connectivity index (χ0v) is 19.0. The Kier molecular flexibility index (Phi) is 5.22. The van der Waals surface area contributed by atoms with Crippen LogP contribution < -0.4 is 4.90 Å². The lowest BCUT2D eigenvalue weighted by atomic mass is 9.95. The summed E-state index contributed by atoms with van der Waals surface area (Å²) in [6.45, 7) is 0. The second kappa shape index (κ2) is 7.94. The van der Waals surface area contributed by atoms with Gasteiger partial charge in [-0.05, 0) is 48.0 Å². The van der Waals surface area contributed by atoms with Crippen LogP contribution in [0.2, 0.25) is 15.1 Å². The number of furan rings is 1. The topological polar surface area (TPSA) is 83.6 Å². The van der Waals surface area contributed by atoms with Gasteiger partial charge in [-0.15, -0.1) is 0 Å². The minimum absolute atomic E-state index is 0.0117. The van der Waals surface area contributed by atoms with E-state index in [0.717, 1.165) is 4.70 Å². The number of anilines is 1. The largest absolute Gasteiger partial charge is 0.503 e. The number of ketones is 1. The Morgan fingerprint density at radius 2 is 1.91 bits per heavy atom. The first-order valence-electron chi connectivity index (χ1n) is 9.21. The van der Waals surface area contributed by atoms with Gasteiger partial charge in [-0.3, -0.25) is 14.5 Å². The molecule has 5 rings (SSSR count). The highest BCUT2D eigenvalue weighted by Gasteiger charge is 2.46. The van der Waals surface area contributed by atoms with Crippen molar-refractivity contribution < 1.29 is 19.1 Å². The Balaban J connectivity index is 1.70. The number of carbonyl (C=O) groups is 2. The van der Waals surface area contributed by atoms with E-state index in [0.29, 0.717) is 21.1 Å². The number of aliphatic hydroxyl groups is 1. The number of Topliss-reactive ketones (excluding diaryl/α,β-unsaturated/α-hetero) is 1. The van der Waals surface area contributed by atoms with E-state index in [1.54, 1.807) is 42.5 Å². The number of halogens is 3. The van der Waals surface area contributed by atoms with Crippen LogP contribution in [0, 0.1) is 0 Å². The van der Waals surface area contributed by atoms with Crippen molar-refractivity contribution in [3.05, 3.63) is 92.5 Å². The summed E-state index contributed by atoms with van der Waals surface area (Å²) >= 11 is 19.6. The molecule has 1 amide bonds. The lowest BCUT2D eigenvalue weighted by Crippen LogP contribution is -2.31. The van der Waals surface area contributed by atoms with Crippen molar-refractivity contribution in [3.8, 4) is 0 Å². The molecule has 1 aliphatic heterocycles. The van der Waals surface area contributed by atoms with E-state index in [1.165, 1.54) is 28.6 Å². The summed E-state index contributed by atoms with van der Waals surface area (Å²) in [6.07, 6.45) is 1.34. The fraction of sp³-hybridized carbons (Fsp3) is 0.0455. The lowest BCUT2D eigenvalue weighted by molar-refractivity contribution is -0.117. The third-order valence-electron chi connectivity index (χ3n) is 5.00. The van der Waals surface area contributed by atoms with Crippen molar-refractivity contribution in [2.75, 3.05) is 4.90 Å². The second-order valence-corrected chi connectivity index (χ2v) is 9.19. The van der Waals surface area contributed by atoms with E-state index < -0.39 is 23.5 Å². The van der Waals surface area contributed by atoms with E-state index in [2.05, 4.69) is 4.98 Å². The quantitative estimate of drug-likeness (QED) is 0.315. The molecule has 0 saturated carbocycles. The lowest BCUT2D eigenvalue weighted by Gasteiger charge is -2.24. The van der Waals surface area contributed by atoms with Gasteiger partial charge in [-0.25, -0.2) is 4.98 Å². The molecule has 32 heavy (non-hydrogen) atoms. The van der Waals surface area contributed by atoms with Crippen LogP contribution in [0.15, 0.2) is 70.5 Å². The third-order valence-corrected chi connectivity index (χ3v) is 6.99. The van der Waals surface area contributed by atoms with Gasteiger partial charge in [0.2, 0.25) is 5.78 Å². The first-order valence-corrected chi connectivity index (χ1v) is 11.2. The summed E-state index contributed by atoms with van der Waals surface area (Å²) < 4.78 is 5.97. The molecule has 4 aromatic rings. The van der Waals surface area contributed by atoms with Crippen LogP contribution in [0.1, 0.15) is 22.2 Å². The molecule has 0 radical (unpaired) electrons. The molecule has 0 aliphatic carbocycles. The van der Waals surface area contributed by atoms with Gasteiger partial charge in [-0.2, -0.15) is 0 Å².